The third kappa shape index (κ3) is 11.1. The number of allylic oxidation sites excluding steroid dienone is 5. The van der Waals surface area contributed by atoms with E-state index in [1.54, 1.807) is 12.2 Å². The van der Waals surface area contributed by atoms with Crippen molar-refractivity contribution in [3.63, 3.8) is 0 Å². The second-order valence-corrected chi connectivity index (χ2v) is 5.61. The molecule has 0 atom stereocenters. The Morgan fingerprint density at radius 3 is 2.27 bits per heavy atom. The molecule has 0 saturated carbocycles. The monoisotopic (exact) mass is 304 g/mol. The summed E-state index contributed by atoms with van der Waals surface area (Å²) in [5, 5.41) is 0. The van der Waals surface area contributed by atoms with Gasteiger partial charge in [-0.2, -0.15) is 0 Å². The van der Waals surface area contributed by atoms with Crippen molar-refractivity contribution in [2.24, 2.45) is 0 Å². The molecule has 0 aliphatic rings. The molecule has 0 saturated heterocycles. The first-order chi connectivity index (χ1) is 10.5. The van der Waals surface area contributed by atoms with Gasteiger partial charge in [0.25, 0.3) is 0 Å². The summed E-state index contributed by atoms with van der Waals surface area (Å²) in [6, 6.07) is 0. The molecular formula is C20H32O2. The lowest BCUT2D eigenvalue weighted by molar-refractivity contribution is -0.136. The Bertz CT molecular complexity index is 425. The van der Waals surface area contributed by atoms with E-state index in [9.17, 15) is 4.79 Å². The van der Waals surface area contributed by atoms with Crippen molar-refractivity contribution in [2.75, 3.05) is 6.61 Å². The Morgan fingerprint density at radius 1 is 1.00 bits per heavy atom. The van der Waals surface area contributed by atoms with E-state index in [4.69, 9.17) is 4.74 Å². The number of carbonyl (C=O) groups excluding carboxylic acids is 1. The highest BCUT2D eigenvalue weighted by Gasteiger charge is 1.99. The zero-order valence-electron chi connectivity index (χ0n) is 14.8. The van der Waals surface area contributed by atoms with Gasteiger partial charge in [0.05, 0.1) is 0 Å². The number of hydrogen-bond donors (Lipinski definition) is 0. The number of ether oxygens (including phenoxy) is 1. The van der Waals surface area contributed by atoms with Gasteiger partial charge in [0.1, 0.15) is 6.61 Å². The first-order valence-electron chi connectivity index (χ1n) is 8.31. The highest BCUT2D eigenvalue weighted by molar-refractivity contribution is 5.82. The largest absolute Gasteiger partial charge is 0.458 e. The van der Waals surface area contributed by atoms with E-state index in [0.717, 1.165) is 44.1 Å². The Hall–Kier alpha value is -1.57. The maximum absolute atomic E-state index is 11.4. The molecule has 0 unspecified atom stereocenters. The summed E-state index contributed by atoms with van der Waals surface area (Å²) in [6.07, 6.45) is 14.2. The molecule has 124 valence electrons. The van der Waals surface area contributed by atoms with E-state index in [1.165, 1.54) is 11.1 Å². The summed E-state index contributed by atoms with van der Waals surface area (Å²) in [5.74, 6) is -0.280. The second kappa shape index (κ2) is 13.1. The molecule has 0 radical (unpaired) electrons. The van der Waals surface area contributed by atoms with Crippen LogP contribution >= 0.6 is 0 Å². The maximum Gasteiger partial charge on any atom is 0.331 e. The molecule has 0 aliphatic heterocycles. The van der Waals surface area contributed by atoms with Crippen LogP contribution < -0.4 is 0 Å². The maximum atomic E-state index is 11.4. The average Bonchev–Trinajstić information content (AvgIpc) is 2.50. The minimum atomic E-state index is -0.280. The van der Waals surface area contributed by atoms with Gasteiger partial charge in [-0.1, -0.05) is 55.4 Å². The van der Waals surface area contributed by atoms with Crippen LogP contribution in [0.4, 0.5) is 0 Å². The van der Waals surface area contributed by atoms with Gasteiger partial charge in [0.15, 0.2) is 0 Å². The van der Waals surface area contributed by atoms with E-state index in [-0.39, 0.29) is 12.6 Å². The predicted octanol–water partition coefficient (Wildman–Crippen LogP) is 5.92. The molecule has 22 heavy (non-hydrogen) atoms. The molecular weight excluding hydrogens is 272 g/mol. The lowest BCUT2D eigenvalue weighted by Gasteiger charge is -2.04. The van der Waals surface area contributed by atoms with E-state index in [1.807, 2.05) is 6.92 Å². The molecule has 2 heteroatoms. The SMILES string of the molecule is C=CCOC(=O)C=C(C)CCC=C(CC)CCC=C(C)CC. The summed E-state index contributed by atoms with van der Waals surface area (Å²) < 4.78 is 4.94. The van der Waals surface area contributed by atoms with Gasteiger partial charge < -0.3 is 4.74 Å². The van der Waals surface area contributed by atoms with E-state index >= 15 is 0 Å². The lowest BCUT2D eigenvalue weighted by atomic mass is 10.0. The molecule has 2 nitrogen and oxygen atoms in total. The van der Waals surface area contributed by atoms with Crippen LogP contribution in [-0.2, 0) is 9.53 Å². The average molecular weight is 304 g/mol. The minimum absolute atomic E-state index is 0.271. The van der Waals surface area contributed by atoms with E-state index < -0.39 is 0 Å². The molecule has 0 aromatic heterocycles. The minimum Gasteiger partial charge on any atom is -0.458 e. The Morgan fingerprint density at radius 2 is 1.68 bits per heavy atom. The van der Waals surface area contributed by atoms with E-state index in [2.05, 4.69) is 39.5 Å². The third-order valence-corrected chi connectivity index (χ3v) is 3.65. The summed E-state index contributed by atoms with van der Waals surface area (Å²) in [6.45, 7) is 12.4. The van der Waals surface area contributed by atoms with Gasteiger partial charge >= 0.3 is 5.97 Å². The molecule has 0 aliphatic carbocycles. The van der Waals surface area contributed by atoms with Crippen LogP contribution in [0, 0.1) is 0 Å². The third-order valence-electron chi connectivity index (χ3n) is 3.65. The van der Waals surface area contributed by atoms with Crippen molar-refractivity contribution >= 4 is 5.97 Å². The molecule has 0 fully saturated rings. The molecule has 0 N–H and O–H groups in total. The fourth-order valence-electron chi connectivity index (χ4n) is 2.03. The van der Waals surface area contributed by atoms with Gasteiger partial charge in [0.2, 0.25) is 0 Å². The smallest absolute Gasteiger partial charge is 0.331 e. The first-order valence-corrected chi connectivity index (χ1v) is 8.31. The van der Waals surface area contributed by atoms with Crippen molar-refractivity contribution < 1.29 is 9.53 Å². The van der Waals surface area contributed by atoms with Crippen LogP contribution in [0.15, 0.2) is 47.6 Å². The Labute approximate surface area is 136 Å². The number of esters is 1. The summed E-state index contributed by atoms with van der Waals surface area (Å²) in [7, 11) is 0. The van der Waals surface area contributed by atoms with Crippen molar-refractivity contribution in [1.29, 1.82) is 0 Å². The quantitative estimate of drug-likeness (QED) is 0.269. The highest BCUT2D eigenvalue weighted by Crippen LogP contribution is 2.15. The molecule has 0 heterocycles. The van der Waals surface area contributed by atoms with Crippen molar-refractivity contribution in [3.8, 4) is 0 Å². The summed E-state index contributed by atoms with van der Waals surface area (Å²) >= 11 is 0. The molecule has 0 rings (SSSR count). The Kier molecular flexibility index (Phi) is 12.2. The van der Waals surface area contributed by atoms with Crippen LogP contribution in [0.1, 0.15) is 66.2 Å². The zero-order valence-corrected chi connectivity index (χ0v) is 14.8. The van der Waals surface area contributed by atoms with Crippen LogP contribution in [0.2, 0.25) is 0 Å². The topological polar surface area (TPSA) is 26.3 Å². The second-order valence-electron chi connectivity index (χ2n) is 5.61. The number of hydrogen-bond acceptors (Lipinski definition) is 2. The van der Waals surface area contributed by atoms with Gasteiger partial charge in [0, 0.05) is 6.08 Å². The van der Waals surface area contributed by atoms with Gasteiger partial charge in [-0.15, -0.1) is 0 Å². The number of carbonyl (C=O) groups is 1. The standard InChI is InChI=1S/C20H32O2/c1-6-15-22-20(21)16-18(5)12-10-14-19(8-3)13-9-11-17(4)7-2/h6,11,14,16H,1,7-10,12-13,15H2,2-5H3. The first kappa shape index (κ1) is 20.4. The molecule has 0 amide bonds. The molecule has 0 aromatic carbocycles. The summed E-state index contributed by atoms with van der Waals surface area (Å²) in [4.78, 5) is 11.4. The van der Waals surface area contributed by atoms with Gasteiger partial charge in [-0.3, -0.25) is 0 Å². The predicted molar refractivity (Wildman–Crippen MR) is 95.8 cm³/mol. The van der Waals surface area contributed by atoms with Crippen LogP contribution in [0.3, 0.4) is 0 Å². The van der Waals surface area contributed by atoms with Crippen LogP contribution in [0.5, 0.6) is 0 Å². The van der Waals surface area contributed by atoms with Crippen molar-refractivity contribution in [1.82, 2.24) is 0 Å². The number of rotatable bonds is 11. The van der Waals surface area contributed by atoms with Gasteiger partial charge in [-0.05, 0) is 52.4 Å². The fraction of sp³-hybridized carbons (Fsp3) is 0.550. The summed E-state index contributed by atoms with van der Waals surface area (Å²) in [5.41, 5.74) is 4.02. The van der Waals surface area contributed by atoms with Crippen LogP contribution in [0.25, 0.3) is 0 Å². The zero-order chi connectivity index (χ0) is 16.8. The lowest BCUT2D eigenvalue weighted by Crippen LogP contribution is -2.01. The fourth-order valence-corrected chi connectivity index (χ4v) is 2.03. The van der Waals surface area contributed by atoms with Crippen molar-refractivity contribution in [3.05, 3.63) is 47.6 Å². The normalized spacial score (nSPS) is 13.2. The highest BCUT2D eigenvalue weighted by atomic mass is 16.5. The molecule has 0 aromatic rings. The molecule has 0 bridgehead atoms. The Balaban J connectivity index is 4.22. The molecule has 0 spiro atoms. The van der Waals surface area contributed by atoms with Crippen molar-refractivity contribution in [2.45, 2.75) is 66.2 Å². The van der Waals surface area contributed by atoms with Gasteiger partial charge in [-0.25, -0.2) is 4.79 Å². The van der Waals surface area contributed by atoms with Crippen LogP contribution in [-0.4, -0.2) is 12.6 Å². The van der Waals surface area contributed by atoms with E-state index in [0.29, 0.717) is 0 Å².